The quantitative estimate of drug-likeness (QED) is 0.0318. The van der Waals surface area contributed by atoms with E-state index in [9.17, 15) is 19.4 Å². The highest BCUT2D eigenvalue weighted by atomic mass is 31.2. The topological polar surface area (TPSA) is 105 Å². The van der Waals surface area contributed by atoms with Gasteiger partial charge in [0, 0.05) is 6.42 Å². The number of aliphatic hydroxyl groups is 1. The number of quaternary nitrogens is 1. The van der Waals surface area contributed by atoms with Crippen molar-refractivity contribution >= 4 is 13.7 Å². The van der Waals surface area contributed by atoms with Crippen LogP contribution < -0.4 is 5.32 Å². The fourth-order valence-electron chi connectivity index (χ4n) is 9.76. The lowest BCUT2D eigenvalue weighted by Crippen LogP contribution is -2.46. The average molecular weight is 1000 g/mol. The van der Waals surface area contributed by atoms with Crippen LogP contribution in [0.4, 0.5) is 0 Å². The maximum absolute atomic E-state index is 13.0. The van der Waals surface area contributed by atoms with Crippen molar-refractivity contribution in [1.29, 1.82) is 0 Å². The Morgan fingerprint density at radius 3 is 0.971 bits per heavy atom. The molecule has 0 aliphatic rings. The first-order valence-corrected chi connectivity index (χ1v) is 32.4. The van der Waals surface area contributed by atoms with E-state index >= 15 is 0 Å². The molecule has 0 rings (SSSR count). The van der Waals surface area contributed by atoms with Gasteiger partial charge in [-0.05, 0) is 12.8 Å². The number of nitrogens with zero attached hydrogens (tertiary/aromatic N) is 1. The molecule has 0 fully saturated rings. The zero-order chi connectivity index (χ0) is 50.6. The normalized spacial score (nSPS) is 13.8. The predicted molar refractivity (Wildman–Crippen MR) is 300 cm³/mol. The van der Waals surface area contributed by atoms with E-state index in [1.165, 1.54) is 263 Å². The number of unbranched alkanes of at least 4 members (excludes halogenated alkanes) is 45. The summed E-state index contributed by atoms with van der Waals surface area (Å²) in [5.74, 6) is -0.135. The molecule has 3 N–H and O–H groups in total. The zero-order valence-electron chi connectivity index (χ0n) is 47.3. The van der Waals surface area contributed by atoms with Crippen molar-refractivity contribution in [2.45, 2.75) is 341 Å². The Labute approximate surface area is 431 Å². The van der Waals surface area contributed by atoms with E-state index in [1.807, 2.05) is 21.1 Å². The van der Waals surface area contributed by atoms with Crippen molar-refractivity contribution in [2.24, 2.45) is 0 Å². The first kappa shape index (κ1) is 68.5. The number of hydrogen-bond donors (Lipinski definition) is 3. The highest BCUT2D eigenvalue weighted by Gasteiger charge is 2.28. The van der Waals surface area contributed by atoms with Gasteiger partial charge < -0.3 is 19.8 Å². The van der Waals surface area contributed by atoms with Crippen LogP contribution in [0, 0.1) is 0 Å². The Morgan fingerprint density at radius 1 is 0.435 bits per heavy atom. The smallest absolute Gasteiger partial charge is 0.391 e. The molecule has 0 aliphatic heterocycles. The maximum Gasteiger partial charge on any atom is 0.472 e. The second-order valence-electron chi connectivity index (χ2n) is 22.8. The van der Waals surface area contributed by atoms with Crippen molar-refractivity contribution in [2.75, 3.05) is 40.9 Å². The van der Waals surface area contributed by atoms with Crippen LogP contribution in [0.25, 0.3) is 0 Å². The van der Waals surface area contributed by atoms with E-state index < -0.39 is 20.0 Å². The predicted octanol–water partition coefficient (Wildman–Crippen LogP) is 18.8. The molecule has 0 spiro atoms. The summed E-state index contributed by atoms with van der Waals surface area (Å²) in [6, 6.07) is -0.755. The SMILES string of the molecule is CCCCCCCCCCCCCCCCCCCCCCCCCCCC(=O)NC(COP(=O)(O)OCC[N+](C)(C)C)C(O)CCCCCCCCCCCCCCCCCCCCCCCC. The molecular formula is C60H124N2O6P+. The molecule has 0 saturated heterocycles. The van der Waals surface area contributed by atoms with E-state index in [1.54, 1.807) is 0 Å². The van der Waals surface area contributed by atoms with Crippen LogP contribution in [-0.4, -0.2) is 73.4 Å². The van der Waals surface area contributed by atoms with E-state index in [0.717, 1.165) is 38.5 Å². The molecule has 3 unspecified atom stereocenters. The average Bonchev–Trinajstić information content (AvgIpc) is 3.31. The van der Waals surface area contributed by atoms with E-state index in [2.05, 4.69) is 19.2 Å². The third kappa shape index (κ3) is 55.1. The number of rotatable bonds is 58. The molecule has 414 valence electrons. The molecule has 8 nitrogen and oxygen atoms in total. The van der Waals surface area contributed by atoms with Gasteiger partial charge in [0.25, 0.3) is 0 Å². The van der Waals surface area contributed by atoms with Crippen molar-refractivity contribution in [3.63, 3.8) is 0 Å². The third-order valence-corrected chi connectivity index (χ3v) is 15.6. The van der Waals surface area contributed by atoms with Crippen LogP contribution in [0.1, 0.15) is 328 Å². The van der Waals surface area contributed by atoms with E-state index in [0.29, 0.717) is 23.9 Å². The Bertz CT molecular complexity index is 1090. The highest BCUT2D eigenvalue weighted by Crippen LogP contribution is 2.43. The number of phosphoric ester groups is 1. The molecule has 0 bridgehead atoms. The largest absolute Gasteiger partial charge is 0.472 e. The van der Waals surface area contributed by atoms with Gasteiger partial charge in [-0.25, -0.2) is 4.57 Å². The lowest BCUT2D eigenvalue weighted by Gasteiger charge is -2.26. The molecule has 0 saturated carbocycles. The molecule has 0 aromatic rings. The lowest BCUT2D eigenvalue weighted by molar-refractivity contribution is -0.870. The summed E-state index contributed by atoms with van der Waals surface area (Å²) in [5, 5.41) is 14.1. The molecule has 0 aromatic carbocycles. The van der Waals surface area contributed by atoms with Gasteiger partial charge in [0.15, 0.2) is 0 Å². The standard InChI is InChI=1S/C60H123N2O6P/c1-6-8-10-12-14-16-18-20-22-24-26-28-30-31-32-34-36-38-40-42-44-46-48-50-52-54-60(64)61-58(57-68-69(65,66)67-56-55-62(3,4)5)59(63)53-51-49-47-45-43-41-39-37-35-33-29-27-25-23-21-19-17-15-13-11-9-7-2/h58-59,63H,6-57H2,1-5H3,(H-,61,64,65,66)/p+1. The summed E-state index contributed by atoms with van der Waals surface area (Å²) in [7, 11) is 1.64. The molecule has 3 atom stereocenters. The van der Waals surface area contributed by atoms with Crippen LogP contribution in [0.5, 0.6) is 0 Å². The minimum absolute atomic E-state index is 0.0793. The Morgan fingerprint density at radius 2 is 0.696 bits per heavy atom. The van der Waals surface area contributed by atoms with Gasteiger partial charge in [-0.1, -0.05) is 309 Å². The number of carbonyl (C=O) groups is 1. The number of hydrogen-bond acceptors (Lipinski definition) is 5. The van der Waals surface area contributed by atoms with Gasteiger partial charge in [-0.15, -0.1) is 0 Å². The highest BCUT2D eigenvalue weighted by molar-refractivity contribution is 7.47. The lowest BCUT2D eigenvalue weighted by atomic mass is 10.0. The first-order chi connectivity index (χ1) is 33.5. The molecule has 0 aromatic heterocycles. The van der Waals surface area contributed by atoms with Gasteiger partial charge >= 0.3 is 7.82 Å². The number of nitrogens with one attached hydrogen (secondary N) is 1. The molecule has 1 amide bonds. The van der Waals surface area contributed by atoms with Crippen LogP contribution in [0.15, 0.2) is 0 Å². The summed E-state index contributed by atoms with van der Waals surface area (Å²) in [6.45, 7) is 4.96. The van der Waals surface area contributed by atoms with Crippen LogP contribution in [0.3, 0.4) is 0 Å². The summed E-state index contributed by atoms with van der Waals surface area (Å²) < 4.78 is 23.8. The van der Waals surface area contributed by atoms with Gasteiger partial charge in [0.1, 0.15) is 13.2 Å². The molecule has 9 heteroatoms. The van der Waals surface area contributed by atoms with Crippen LogP contribution in [-0.2, 0) is 18.4 Å². The summed E-state index contributed by atoms with van der Waals surface area (Å²) in [4.78, 5) is 23.4. The number of aliphatic hydroxyl groups excluding tert-OH is 1. The van der Waals surface area contributed by atoms with Crippen molar-refractivity contribution in [3.05, 3.63) is 0 Å². The molecule has 0 aliphatic carbocycles. The van der Waals surface area contributed by atoms with Gasteiger partial charge in [0.2, 0.25) is 5.91 Å². The second kappa shape index (κ2) is 52.4. The van der Waals surface area contributed by atoms with Gasteiger partial charge in [-0.2, -0.15) is 0 Å². The molecule has 0 radical (unpaired) electrons. The molecular weight excluding hydrogens is 876 g/mol. The summed E-state index contributed by atoms with van der Waals surface area (Å²) in [6.07, 6.45) is 63.1. The monoisotopic (exact) mass is 1000 g/mol. The number of phosphoric acid groups is 1. The summed E-state index contributed by atoms with van der Waals surface area (Å²) in [5.41, 5.74) is 0. The maximum atomic E-state index is 13.0. The fraction of sp³-hybridized carbons (Fsp3) is 0.983. The Kier molecular flexibility index (Phi) is 52.0. The second-order valence-corrected chi connectivity index (χ2v) is 24.3. The van der Waals surface area contributed by atoms with E-state index in [4.69, 9.17) is 9.05 Å². The van der Waals surface area contributed by atoms with E-state index in [-0.39, 0.29) is 19.1 Å². The summed E-state index contributed by atoms with van der Waals surface area (Å²) >= 11 is 0. The minimum Gasteiger partial charge on any atom is -0.391 e. The first-order valence-electron chi connectivity index (χ1n) is 30.9. The number of carbonyl (C=O) groups excluding carboxylic acids is 1. The fourth-order valence-corrected chi connectivity index (χ4v) is 10.5. The van der Waals surface area contributed by atoms with Crippen LogP contribution in [0.2, 0.25) is 0 Å². The van der Waals surface area contributed by atoms with Crippen molar-refractivity contribution in [3.8, 4) is 0 Å². The molecule has 69 heavy (non-hydrogen) atoms. The van der Waals surface area contributed by atoms with Gasteiger partial charge in [0.05, 0.1) is 39.9 Å². The number of amides is 1. The number of likely N-dealkylation sites (N-methyl/N-ethyl adjacent to an activating group) is 1. The Balaban J connectivity index is 4.08. The van der Waals surface area contributed by atoms with Crippen molar-refractivity contribution in [1.82, 2.24) is 5.32 Å². The third-order valence-electron chi connectivity index (χ3n) is 14.6. The van der Waals surface area contributed by atoms with Crippen LogP contribution >= 0.6 is 7.82 Å². The van der Waals surface area contributed by atoms with Crippen molar-refractivity contribution < 1.29 is 32.9 Å². The minimum atomic E-state index is -4.32. The zero-order valence-corrected chi connectivity index (χ0v) is 48.2. The van der Waals surface area contributed by atoms with Gasteiger partial charge in [-0.3, -0.25) is 13.8 Å². The Hall–Kier alpha value is -0.500. The molecule has 0 heterocycles.